The predicted molar refractivity (Wildman–Crippen MR) is 67.5 cm³/mol. The molecule has 1 aromatic carbocycles. The fourth-order valence-corrected chi connectivity index (χ4v) is 1.63. The Kier molecular flexibility index (Phi) is 3.66. The van der Waals surface area contributed by atoms with E-state index in [2.05, 4.69) is 5.10 Å². The number of halogens is 1. The van der Waals surface area contributed by atoms with Crippen LogP contribution in [0.2, 0.25) is 5.02 Å². The monoisotopic (exact) mass is 251 g/mol. The second-order valence-corrected chi connectivity index (χ2v) is 4.10. The molecule has 2 rings (SSSR count). The molecule has 4 nitrogen and oxygen atoms in total. The minimum absolute atomic E-state index is 0.558. The summed E-state index contributed by atoms with van der Waals surface area (Å²) in [6.07, 6.45) is 1.69. The van der Waals surface area contributed by atoms with E-state index < -0.39 is 0 Å². The highest BCUT2D eigenvalue weighted by molar-refractivity contribution is 6.30. The molecule has 0 spiro atoms. The van der Waals surface area contributed by atoms with Crippen LogP contribution in [-0.2, 0) is 6.54 Å². The number of nitrogens with zero attached hydrogens (tertiary/aromatic N) is 2. The minimum Gasteiger partial charge on any atom is -0.454 e. The molecule has 2 N–H and O–H groups in total. The number of nitrogens with two attached hydrogens (primary N) is 1. The average Bonchev–Trinajstić information content (AvgIpc) is 2.65. The van der Waals surface area contributed by atoms with Crippen LogP contribution in [0.4, 0.5) is 0 Å². The van der Waals surface area contributed by atoms with Crippen molar-refractivity contribution in [2.24, 2.45) is 5.73 Å². The van der Waals surface area contributed by atoms with Crippen LogP contribution in [0.15, 0.2) is 30.5 Å². The van der Waals surface area contributed by atoms with Crippen molar-refractivity contribution >= 4 is 11.6 Å². The Morgan fingerprint density at radius 3 is 2.71 bits per heavy atom. The number of hydrogen-bond donors (Lipinski definition) is 1. The van der Waals surface area contributed by atoms with Crippen LogP contribution in [0.25, 0.3) is 0 Å². The second kappa shape index (κ2) is 5.21. The van der Waals surface area contributed by atoms with Gasteiger partial charge >= 0.3 is 0 Å². The topological polar surface area (TPSA) is 53.1 Å². The van der Waals surface area contributed by atoms with Crippen LogP contribution in [0.5, 0.6) is 11.5 Å². The molecular weight excluding hydrogens is 238 g/mol. The molecule has 0 unspecified atom stereocenters. The molecule has 5 heteroatoms. The lowest BCUT2D eigenvalue weighted by Gasteiger charge is -2.05. The van der Waals surface area contributed by atoms with Crippen LogP contribution in [0, 0.1) is 6.92 Å². The first-order chi connectivity index (χ1) is 8.20. The van der Waals surface area contributed by atoms with Gasteiger partial charge in [-0.25, -0.2) is 0 Å². The van der Waals surface area contributed by atoms with Crippen molar-refractivity contribution in [3.8, 4) is 11.5 Å². The Balaban J connectivity index is 2.16. The molecule has 2 aromatic rings. The largest absolute Gasteiger partial charge is 0.454 e. The van der Waals surface area contributed by atoms with Gasteiger partial charge in [0.15, 0.2) is 5.75 Å². The maximum absolute atomic E-state index is 5.81. The first kappa shape index (κ1) is 12.0. The fourth-order valence-electron chi connectivity index (χ4n) is 1.51. The molecule has 17 heavy (non-hydrogen) atoms. The van der Waals surface area contributed by atoms with Gasteiger partial charge in [-0.15, -0.1) is 0 Å². The Morgan fingerprint density at radius 2 is 2.06 bits per heavy atom. The van der Waals surface area contributed by atoms with Gasteiger partial charge in [-0.05, 0) is 31.2 Å². The molecular formula is C12H14ClN3O. The smallest absolute Gasteiger partial charge is 0.168 e. The number of benzene rings is 1. The Labute approximate surface area is 105 Å². The summed E-state index contributed by atoms with van der Waals surface area (Å²) in [5, 5.41) is 4.89. The van der Waals surface area contributed by atoms with E-state index in [1.807, 2.05) is 23.7 Å². The predicted octanol–water partition coefficient (Wildman–Crippen LogP) is 2.60. The van der Waals surface area contributed by atoms with Crippen LogP contribution < -0.4 is 10.5 Å². The Hall–Kier alpha value is -1.52. The van der Waals surface area contributed by atoms with Crippen molar-refractivity contribution in [2.75, 3.05) is 6.54 Å². The zero-order valence-electron chi connectivity index (χ0n) is 9.56. The zero-order valence-corrected chi connectivity index (χ0v) is 10.3. The van der Waals surface area contributed by atoms with Crippen LogP contribution in [0.1, 0.15) is 5.69 Å². The van der Waals surface area contributed by atoms with E-state index in [1.54, 1.807) is 18.3 Å². The van der Waals surface area contributed by atoms with Crippen LogP contribution >= 0.6 is 11.6 Å². The standard InChI is InChI=1S/C12H14ClN3O/c1-9-12(8-15-16(9)7-6-14)17-11-4-2-10(13)3-5-11/h2-5,8H,6-7,14H2,1H3. The second-order valence-electron chi connectivity index (χ2n) is 3.66. The molecule has 0 aliphatic carbocycles. The van der Waals surface area contributed by atoms with Gasteiger partial charge in [-0.3, -0.25) is 4.68 Å². The third-order valence-electron chi connectivity index (χ3n) is 2.44. The summed E-state index contributed by atoms with van der Waals surface area (Å²) in [7, 11) is 0. The molecule has 0 fully saturated rings. The van der Waals surface area contributed by atoms with Crippen molar-refractivity contribution in [3.05, 3.63) is 41.2 Å². The molecule has 0 aliphatic heterocycles. The van der Waals surface area contributed by atoms with Crippen molar-refractivity contribution in [1.29, 1.82) is 0 Å². The van der Waals surface area contributed by atoms with Gasteiger partial charge in [0, 0.05) is 11.6 Å². The number of ether oxygens (including phenoxy) is 1. The van der Waals surface area contributed by atoms with E-state index in [9.17, 15) is 0 Å². The van der Waals surface area contributed by atoms with Gasteiger partial charge in [0.2, 0.25) is 0 Å². The Morgan fingerprint density at radius 1 is 1.35 bits per heavy atom. The molecule has 0 radical (unpaired) electrons. The van der Waals surface area contributed by atoms with E-state index >= 15 is 0 Å². The lowest BCUT2D eigenvalue weighted by Crippen LogP contribution is -2.12. The van der Waals surface area contributed by atoms with Crippen LogP contribution in [-0.4, -0.2) is 16.3 Å². The summed E-state index contributed by atoms with van der Waals surface area (Å²) < 4.78 is 7.53. The van der Waals surface area contributed by atoms with E-state index in [0.717, 1.165) is 17.2 Å². The summed E-state index contributed by atoms with van der Waals surface area (Å²) in [5.74, 6) is 1.48. The molecule has 0 atom stereocenters. The molecule has 90 valence electrons. The van der Waals surface area contributed by atoms with Crippen molar-refractivity contribution in [3.63, 3.8) is 0 Å². The SMILES string of the molecule is Cc1c(Oc2ccc(Cl)cc2)cnn1CCN. The van der Waals surface area contributed by atoms with Crippen molar-refractivity contribution in [1.82, 2.24) is 9.78 Å². The molecule has 1 heterocycles. The number of rotatable bonds is 4. The van der Waals surface area contributed by atoms with Crippen molar-refractivity contribution < 1.29 is 4.74 Å². The number of hydrogen-bond acceptors (Lipinski definition) is 3. The van der Waals surface area contributed by atoms with E-state index in [-0.39, 0.29) is 0 Å². The molecule has 0 saturated carbocycles. The minimum atomic E-state index is 0.558. The average molecular weight is 252 g/mol. The summed E-state index contributed by atoms with van der Waals surface area (Å²) in [6.45, 7) is 3.20. The van der Waals surface area contributed by atoms with Gasteiger partial charge in [0.25, 0.3) is 0 Å². The first-order valence-corrected chi connectivity index (χ1v) is 5.74. The maximum atomic E-state index is 5.81. The zero-order chi connectivity index (χ0) is 12.3. The highest BCUT2D eigenvalue weighted by Gasteiger charge is 2.07. The Bertz CT molecular complexity index is 493. The van der Waals surface area contributed by atoms with Gasteiger partial charge < -0.3 is 10.5 Å². The molecule has 0 bridgehead atoms. The van der Waals surface area contributed by atoms with Gasteiger partial charge in [0.05, 0.1) is 18.4 Å². The highest BCUT2D eigenvalue weighted by atomic mass is 35.5. The molecule has 0 aliphatic rings. The third-order valence-corrected chi connectivity index (χ3v) is 2.69. The summed E-state index contributed by atoms with van der Waals surface area (Å²) in [5.41, 5.74) is 6.45. The lowest BCUT2D eigenvalue weighted by molar-refractivity contribution is 0.475. The molecule has 1 aromatic heterocycles. The first-order valence-electron chi connectivity index (χ1n) is 5.36. The maximum Gasteiger partial charge on any atom is 0.168 e. The normalized spacial score (nSPS) is 10.5. The molecule has 0 saturated heterocycles. The molecule has 0 amide bonds. The quantitative estimate of drug-likeness (QED) is 0.909. The van der Waals surface area contributed by atoms with Gasteiger partial charge in [-0.2, -0.15) is 5.10 Å². The summed E-state index contributed by atoms with van der Waals surface area (Å²) in [6, 6.07) is 7.22. The fraction of sp³-hybridized carbons (Fsp3) is 0.250. The van der Waals surface area contributed by atoms with E-state index in [0.29, 0.717) is 18.1 Å². The number of aromatic nitrogens is 2. The van der Waals surface area contributed by atoms with Gasteiger partial charge in [-0.1, -0.05) is 11.6 Å². The summed E-state index contributed by atoms with van der Waals surface area (Å²) in [4.78, 5) is 0. The van der Waals surface area contributed by atoms with E-state index in [1.165, 1.54) is 0 Å². The van der Waals surface area contributed by atoms with E-state index in [4.69, 9.17) is 22.1 Å². The summed E-state index contributed by atoms with van der Waals surface area (Å²) >= 11 is 5.81. The highest BCUT2D eigenvalue weighted by Crippen LogP contribution is 2.25. The van der Waals surface area contributed by atoms with Gasteiger partial charge in [0.1, 0.15) is 5.75 Å². The van der Waals surface area contributed by atoms with Crippen LogP contribution in [0.3, 0.4) is 0 Å². The third kappa shape index (κ3) is 2.78. The van der Waals surface area contributed by atoms with Crippen molar-refractivity contribution in [2.45, 2.75) is 13.5 Å². The lowest BCUT2D eigenvalue weighted by atomic mass is 10.3.